The Morgan fingerprint density at radius 1 is 1.04 bits per heavy atom. The molecule has 0 radical (unpaired) electrons. The fourth-order valence-electron chi connectivity index (χ4n) is 2.85. The molecule has 1 aliphatic rings. The van der Waals surface area contributed by atoms with E-state index in [2.05, 4.69) is 13.2 Å². The zero-order valence-corrected chi connectivity index (χ0v) is 14.8. The molecule has 0 spiro atoms. The van der Waals surface area contributed by atoms with Crippen molar-refractivity contribution in [2.45, 2.75) is 27.7 Å². The molecule has 126 valence electrons. The van der Waals surface area contributed by atoms with Gasteiger partial charge in [0.25, 0.3) is 0 Å². The lowest BCUT2D eigenvalue weighted by atomic mass is 9.96. The molecule has 2 aromatic rings. The molecule has 0 aliphatic heterocycles. The molecule has 3 nitrogen and oxygen atoms in total. The van der Waals surface area contributed by atoms with Gasteiger partial charge in [0.15, 0.2) is 0 Å². The Balaban J connectivity index is 0.000000671. The smallest absolute Gasteiger partial charge is 0.337 e. The highest BCUT2D eigenvalue weighted by atomic mass is 16.4. The predicted octanol–water partition coefficient (Wildman–Crippen LogP) is 5.77. The molecule has 1 aliphatic carbocycles. The fourth-order valence-corrected chi connectivity index (χ4v) is 2.85. The molecule has 3 N–H and O–H groups in total. The Labute approximate surface area is 143 Å². The van der Waals surface area contributed by atoms with Crippen LogP contribution in [0.2, 0.25) is 0 Å². The van der Waals surface area contributed by atoms with E-state index in [-0.39, 0.29) is 5.56 Å². The first-order chi connectivity index (χ1) is 11.6. The van der Waals surface area contributed by atoms with Crippen molar-refractivity contribution in [2.24, 2.45) is 0 Å². The topological polar surface area (TPSA) is 63.3 Å². The molecule has 2 aromatic carbocycles. The number of nitrogen functional groups attached to an aromatic ring is 1. The monoisotopic (exact) mass is 323 g/mol. The van der Waals surface area contributed by atoms with Crippen molar-refractivity contribution in [3.63, 3.8) is 0 Å². The summed E-state index contributed by atoms with van der Waals surface area (Å²) in [4.78, 5) is 11.4. The minimum Gasteiger partial charge on any atom is -0.478 e. The molecule has 0 fully saturated rings. The molecule has 0 saturated carbocycles. The van der Waals surface area contributed by atoms with Gasteiger partial charge in [-0.3, -0.25) is 0 Å². The SMILES string of the molecule is C=CC1=C(C=C)c2cc(C(=O)O)c(N)c3cccc1c23.CC.CC. The standard InChI is InChI=1S/C17H13NO2.2C2H6/c1-3-9-10(4-2)13-8-14(17(19)20)16(18)12-7-5-6-11(9)15(12)13;2*1-2/h3-8H,1-2,18H2,(H,19,20);2*1-2H3. The number of benzene rings is 2. The maximum atomic E-state index is 11.4. The van der Waals surface area contributed by atoms with Gasteiger partial charge in [-0.05, 0) is 33.7 Å². The molecule has 3 rings (SSSR count). The van der Waals surface area contributed by atoms with Crippen LogP contribution in [0.4, 0.5) is 5.69 Å². The van der Waals surface area contributed by atoms with Gasteiger partial charge in [-0.1, -0.05) is 71.2 Å². The Morgan fingerprint density at radius 3 is 2.08 bits per heavy atom. The second kappa shape index (κ2) is 8.16. The first kappa shape index (κ1) is 19.2. The van der Waals surface area contributed by atoms with E-state index in [1.807, 2.05) is 45.9 Å². The summed E-state index contributed by atoms with van der Waals surface area (Å²) in [7, 11) is 0. The van der Waals surface area contributed by atoms with Gasteiger partial charge in [0, 0.05) is 5.39 Å². The van der Waals surface area contributed by atoms with Crippen LogP contribution >= 0.6 is 0 Å². The number of nitrogens with two attached hydrogens (primary N) is 1. The van der Waals surface area contributed by atoms with Crippen molar-refractivity contribution in [2.75, 3.05) is 5.73 Å². The van der Waals surface area contributed by atoms with Crippen LogP contribution in [0.1, 0.15) is 49.2 Å². The first-order valence-electron chi connectivity index (χ1n) is 8.18. The molecular weight excluding hydrogens is 298 g/mol. The summed E-state index contributed by atoms with van der Waals surface area (Å²) in [6.45, 7) is 15.7. The van der Waals surface area contributed by atoms with Gasteiger partial charge in [0.05, 0.1) is 11.3 Å². The maximum absolute atomic E-state index is 11.4. The van der Waals surface area contributed by atoms with Crippen LogP contribution in [0, 0.1) is 0 Å². The van der Waals surface area contributed by atoms with Crippen molar-refractivity contribution >= 4 is 33.6 Å². The first-order valence-corrected chi connectivity index (χ1v) is 8.18. The number of allylic oxidation sites excluding steroid dienone is 4. The van der Waals surface area contributed by atoms with Gasteiger partial charge < -0.3 is 10.8 Å². The van der Waals surface area contributed by atoms with E-state index >= 15 is 0 Å². The second-order valence-electron chi connectivity index (χ2n) is 4.65. The molecular formula is C21H25NO2. The highest BCUT2D eigenvalue weighted by Crippen LogP contribution is 2.45. The van der Waals surface area contributed by atoms with Crippen LogP contribution in [0.25, 0.3) is 21.9 Å². The average molecular weight is 323 g/mol. The maximum Gasteiger partial charge on any atom is 0.337 e. The van der Waals surface area contributed by atoms with E-state index in [1.54, 1.807) is 18.2 Å². The summed E-state index contributed by atoms with van der Waals surface area (Å²) < 4.78 is 0. The highest BCUT2D eigenvalue weighted by Gasteiger charge is 2.24. The summed E-state index contributed by atoms with van der Waals surface area (Å²) in [6.07, 6.45) is 3.50. The molecule has 0 unspecified atom stereocenters. The van der Waals surface area contributed by atoms with Gasteiger partial charge in [-0.2, -0.15) is 0 Å². The largest absolute Gasteiger partial charge is 0.478 e. The Hall–Kier alpha value is -2.81. The third kappa shape index (κ3) is 2.85. The minimum absolute atomic E-state index is 0.120. The van der Waals surface area contributed by atoms with Crippen molar-refractivity contribution in [1.82, 2.24) is 0 Å². The molecule has 0 aromatic heterocycles. The molecule has 0 atom stereocenters. The summed E-state index contributed by atoms with van der Waals surface area (Å²) in [5, 5.41) is 11.0. The van der Waals surface area contributed by atoms with Crippen LogP contribution in [0.3, 0.4) is 0 Å². The molecule has 0 bridgehead atoms. The molecule has 3 heteroatoms. The Kier molecular flexibility index (Phi) is 6.54. The third-order valence-corrected chi connectivity index (χ3v) is 3.71. The van der Waals surface area contributed by atoms with Crippen LogP contribution in [-0.4, -0.2) is 11.1 Å². The van der Waals surface area contributed by atoms with E-state index in [0.717, 1.165) is 33.0 Å². The van der Waals surface area contributed by atoms with Gasteiger partial charge >= 0.3 is 5.97 Å². The van der Waals surface area contributed by atoms with Gasteiger partial charge in [0.1, 0.15) is 0 Å². The van der Waals surface area contributed by atoms with Crippen LogP contribution in [0.5, 0.6) is 0 Å². The van der Waals surface area contributed by atoms with Crippen LogP contribution in [-0.2, 0) is 0 Å². The Morgan fingerprint density at radius 2 is 1.58 bits per heavy atom. The van der Waals surface area contributed by atoms with Crippen LogP contribution in [0.15, 0.2) is 49.6 Å². The highest BCUT2D eigenvalue weighted by molar-refractivity contribution is 6.22. The van der Waals surface area contributed by atoms with Crippen molar-refractivity contribution in [1.29, 1.82) is 0 Å². The summed E-state index contributed by atoms with van der Waals surface area (Å²) >= 11 is 0. The lowest BCUT2D eigenvalue weighted by molar-refractivity contribution is 0.0698. The minimum atomic E-state index is -1.03. The summed E-state index contributed by atoms with van der Waals surface area (Å²) in [6, 6.07) is 7.33. The second-order valence-corrected chi connectivity index (χ2v) is 4.65. The third-order valence-electron chi connectivity index (χ3n) is 3.71. The lowest BCUT2D eigenvalue weighted by Gasteiger charge is -2.09. The van der Waals surface area contributed by atoms with Crippen molar-refractivity contribution in [3.8, 4) is 0 Å². The van der Waals surface area contributed by atoms with Crippen molar-refractivity contribution in [3.05, 3.63) is 66.3 Å². The van der Waals surface area contributed by atoms with E-state index in [9.17, 15) is 9.90 Å². The number of hydrogen-bond donors (Lipinski definition) is 2. The molecule has 0 amide bonds. The number of carboxylic acid groups (broad SMARTS) is 1. The van der Waals surface area contributed by atoms with E-state index in [1.165, 1.54) is 0 Å². The zero-order valence-electron chi connectivity index (χ0n) is 14.8. The van der Waals surface area contributed by atoms with Crippen molar-refractivity contribution < 1.29 is 9.90 Å². The number of aromatic carboxylic acids is 1. The lowest BCUT2D eigenvalue weighted by Crippen LogP contribution is -2.04. The molecule has 0 heterocycles. The normalized spacial score (nSPS) is 11.2. The molecule has 0 saturated heterocycles. The summed E-state index contributed by atoms with van der Waals surface area (Å²) in [5.41, 5.74) is 10.2. The van der Waals surface area contributed by atoms with Gasteiger partial charge in [-0.15, -0.1) is 0 Å². The number of anilines is 1. The van der Waals surface area contributed by atoms with Gasteiger partial charge in [-0.25, -0.2) is 4.79 Å². The van der Waals surface area contributed by atoms with Gasteiger partial charge in [0.2, 0.25) is 0 Å². The van der Waals surface area contributed by atoms with Crippen LogP contribution < -0.4 is 5.73 Å². The predicted molar refractivity (Wildman–Crippen MR) is 105 cm³/mol. The number of carbonyl (C=O) groups is 1. The molecule has 24 heavy (non-hydrogen) atoms. The number of rotatable bonds is 3. The van der Waals surface area contributed by atoms with E-state index in [4.69, 9.17) is 5.73 Å². The van der Waals surface area contributed by atoms with E-state index < -0.39 is 5.97 Å². The zero-order chi connectivity index (χ0) is 18.4. The fraction of sp³-hybridized carbons (Fsp3) is 0.190. The Bertz CT molecular complexity index is 829. The van der Waals surface area contributed by atoms with E-state index in [0.29, 0.717) is 5.69 Å². The average Bonchev–Trinajstić information content (AvgIpc) is 2.94. The number of hydrogen-bond acceptors (Lipinski definition) is 2. The quantitative estimate of drug-likeness (QED) is 0.705. The number of carboxylic acids is 1. The summed E-state index contributed by atoms with van der Waals surface area (Å²) in [5.74, 6) is -1.03.